The third-order valence-electron chi connectivity index (χ3n) is 6.81. The first-order chi connectivity index (χ1) is 14.9. The number of carbonyl (C=O) groups is 1. The molecule has 3 rings (SSSR count). The summed E-state index contributed by atoms with van der Waals surface area (Å²) in [6, 6.07) is 0.233. The van der Waals surface area contributed by atoms with E-state index in [4.69, 9.17) is 4.99 Å². The minimum absolute atomic E-state index is 0.183. The molecule has 0 aromatic carbocycles. The van der Waals surface area contributed by atoms with Crippen molar-refractivity contribution in [3.63, 3.8) is 0 Å². The zero-order valence-corrected chi connectivity index (χ0v) is 20.6. The molecule has 4 atom stereocenters. The third-order valence-corrected chi connectivity index (χ3v) is 8.44. The van der Waals surface area contributed by atoms with E-state index in [1.54, 1.807) is 0 Å². The van der Waals surface area contributed by atoms with Crippen molar-refractivity contribution in [1.29, 1.82) is 0 Å². The molecule has 0 bridgehead atoms. The van der Waals surface area contributed by atoms with Gasteiger partial charge in [-0.3, -0.25) is 15.5 Å². The Hall–Kier alpha value is -1.26. The first-order valence-corrected chi connectivity index (χ1v) is 13.9. The number of guanidine groups is 1. The van der Waals surface area contributed by atoms with Crippen LogP contribution in [0.4, 0.5) is 4.39 Å². The second-order valence-electron chi connectivity index (χ2n) is 10.8. The second kappa shape index (κ2) is 10.3. The van der Waals surface area contributed by atoms with Crippen LogP contribution in [0.15, 0.2) is 4.99 Å². The van der Waals surface area contributed by atoms with Crippen LogP contribution < -0.4 is 21.5 Å². The van der Waals surface area contributed by atoms with Gasteiger partial charge in [0.2, 0.25) is 5.91 Å². The van der Waals surface area contributed by atoms with Gasteiger partial charge in [-0.1, -0.05) is 6.42 Å². The summed E-state index contributed by atoms with van der Waals surface area (Å²) >= 11 is 0. The zero-order valence-electron chi connectivity index (χ0n) is 19.8. The van der Waals surface area contributed by atoms with Crippen LogP contribution in [-0.2, 0) is 14.6 Å². The number of hydrogen-bond acceptors (Lipinski definition) is 6. The number of aliphatic imine (C=N–C) groups is 1. The lowest BCUT2D eigenvalue weighted by molar-refractivity contribution is -0.124. The Bertz CT molecular complexity index is 790. The van der Waals surface area contributed by atoms with Gasteiger partial charge in [-0.15, -0.1) is 0 Å². The monoisotopic (exact) mass is 473 g/mol. The smallest absolute Gasteiger partial charge is 0.229 e. The van der Waals surface area contributed by atoms with Crippen LogP contribution in [0.3, 0.4) is 0 Å². The Morgan fingerprint density at radius 3 is 2.34 bits per heavy atom. The predicted octanol–water partition coefficient (Wildman–Crippen LogP) is 2.17. The third kappa shape index (κ3) is 7.38. The van der Waals surface area contributed by atoms with Crippen LogP contribution >= 0.6 is 0 Å². The van der Waals surface area contributed by atoms with E-state index in [-0.39, 0.29) is 29.6 Å². The number of amides is 1. The van der Waals surface area contributed by atoms with Crippen molar-refractivity contribution in [2.24, 2.45) is 16.8 Å². The van der Waals surface area contributed by atoms with E-state index in [9.17, 15) is 17.6 Å². The molecular weight excluding hydrogens is 433 g/mol. The van der Waals surface area contributed by atoms with Gasteiger partial charge in [0.15, 0.2) is 5.96 Å². The molecule has 10 heteroatoms. The van der Waals surface area contributed by atoms with Crippen LogP contribution in [0, 0.1) is 11.8 Å². The van der Waals surface area contributed by atoms with Crippen LogP contribution in [0.25, 0.3) is 0 Å². The number of carbonyl (C=O) groups excluding carboxylic acids is 1. The quantitative estimate of drug-likeness (QED) is 0.368. The van der Waals surface area contributed by atoms with E-state index < -0.39 is 21.3 Å². The standard InChI is InChI=1S/C22H40FN5O3S/c1-22(2,3)26-21(25-20(29)15-6-5-7-17(12-15)32(4,30)31)24-19-13-18(27-28-19)14-8-10-16(23)11-9-14/h14-19,27-28H,5-13H2,1-4H3,(H2,24,25,26,29). The number of halogens is 1. The lowest BCUT2D eigenvalue weighted by Crippen LogP contribution is -2.52. The molecule has 0 spiro atoms. The van der Waals surface area contributed by atoms with E-state index in [0.717, 1.165) is 25.7 Å². The van der Waals surface area contributed by atoms with Crippen molar-refractivity contribution in [1.82, 2.24) is 21.5 Å². The molecule has 1 saturated heterocycles. The van der Waals surface area contributed by atoms with Gasteiger partial charge in [0.1, 0.15) is 22.2 Å². The van der Waals surface area contributed by atoms with Crippen LogP contribution in [0.2, 0.25) is 0 Å². The van der Waals surface area contributed by atoms with Gasteiger partial charge in [0.25, 0.3) is 0 Å². The van der Waals surface area contributed by atoms with Crippen molar-refractivity contribution >= 4 is 21.7 Å². The lowest BCUT2D eigenvalue weighted by Gasteiger charge is -2.29. The summed E-state index contributed by atoms with van der Waals surface area (Å²) in [4.78, 5) is 17.7. The van der Waals surface area contributed by atoms with E-state index in [1.807, 2.05) is 20.8 Å². The topological polar surface area (TPSA) is 112 Å². The Balaban J connectivity index is 1.63. The molecule has 4 unspecified atom stereocenters. The summed E-state index contributed by atoms with van der Waals surface area (Å²) < 4.78 is 37.4. The molecular formula is C22H40FN5O3S. The molecule has 32 heavy (non-hydrogen) atoms. The van der Waals surface area contributed by atoms with Gasteiger partial charge in [0, 0.05) is 30.2 Å². The molecule has 0 aromatic heterocycles. The number of sulfone groups is 1. The average molecular weight is 474 g/mol. The normalized spacial score (nSPS) is 34.8. The van der Waals surface area contributed by atoms with Gasteiger partial charge in [-0.05, 0) is 71.6 Å². The number of nitrogens with one attached hydrogen (secondary N) is 4. The molecule has 1 heterocycles. The van der Waals surface area contributed by atoms with Crippen molar-refractivity contribution in [3.8, 4) is 0 Å². The molecule has 1 amide bonds. The van der Waals surface area contributed by atoms with Crippen LogP contribution in [0.5, 0.6) is 0 Å². The number of hydrogen-bond donors (Lipinski definition) is 4. The fourth-order valence-electron chi connectivity index (χ4n) is 5.04. The summed E-state index contributed by atoms with van der Waals surface area (Å²) in [5.74, 6) is 0.307. The van der Waals surface area contributed by atoms with E-state index >= 15 is 0 Å². The molecule has 2 aliphatic carbocycles. The van der Waals surface area contributed by atoms with Crippen LogP contribution in [0.1, 0.15) is 78.6 Å². The fourth-order valence-corrected chi connectivity index (χ4v) is 6.21. The molecule has 0 aromatic rings. The molecule has 2 saturated carbocycles. The minimum Gasteiger partial charge on any atom is -0.351 e. The van der Waals surface area contributed by atoms with Gasteiger partial charge >= 0.3 is 0 Å². The zero-order chi connectivity index (χ0) is 23.5. The Morgan fingerprint density at radius 1 is 1.03 bits per heavy atom. The minimum atomic E-state index is -3.16. The first kappa shape index (κ1) is 25.4. The Morgan fingerprint density at radius 2 is 1.72 bits per heavy atom. The molecule has 3 aliphatic rings. The van der Waals surface area contributed by atoms with E-state index in [2.05, 4.69) is 21.5 Å². The summed E-state index contributed by atoms with van der Waals surface area (Å²) in [5, 5.41) is 5.75. The maximum atomic E-state index is 13.5. The number of nitrogens with zero attached hydrogens (tertiary/aromatic N) is 1. The lowest BCUT2D eigenvalue weighted by atomic mass is 9.82. The highest BCUT2D eigenvalue weighted by molar-refractivity contribution is 7.91. The number of hydrazine groups is 1. The number of rotatable bonds is 4. The van der Waals surface area contributed by atoms with Crippen molar-refractivity contribution in [2.75, 3.05) is 6.26 Å². The van der Waals surface area contributed by atoms with Gasteiger partial charge in [-0.2, -0.15) is 0 Å². The van der Waals surface area contributed by atoms with Gasteiger partial charge in [0.05, 0.1) is 5.25 Å². The number of alkyl halides is 1. The van der Waals surface area contributed by atoms with Gasteiger partial charge < -0.3 is 5.32 Å². The maximum absolute atomic E-state index is 13.5. The van der Waals surface area contributed by atoms with Crippen molar-refractivity contribution in [2.45, 2.75) is 108 Å². The average Bonchev–Trinajstić information content (AvgIpc) is 3.15. The SMILES string of the molecule is CC(C)(C)N/C(=N\C1CC(C2CCC(F)CC2)NN1)NC(=O)C1CCCC(S(C)(=O)=O)C1. The van der Waals surface area contributed by atoms with Crippen molar-refractivity contribution in [3.05, 3.63) is 0 Å². The first-order valence-electron chi connectivity index (χ1n) is 11.9. The highest BCUT2D eigenvalue weighted by Gasteiger charge is 2.35. The molecule has 184 valence electrons. The largest absolute Gasteiger partial charge is 0.351 e. The Labute approximate surface area is 191 Å². The predicted molar refractivity (Wildman–Crippen MR) is 124 cm³/mol. The van der Waals surface area contributed by atoms with E-state index in [1.165, 1.54) is 6.26 Å². The molecule has 4 N–H and O–H groups in total. The highest BCUT2D eigenvalue weighted by Crippen LogP contribution is 2.31. The fraction of sp³-hybridized carbons (Fsp3) is 0.909. The summed E-state index contributed by atoms with van der Waals surface area (Å²) in [5.41, 5.74) is 6.21. The summed E-state index contributed by atoms with van der Waals surface area (Å²) in [6.07, 6.45) is 6.54. The molecule has 8 nitrogen and oxygen atoms in total. The maximum Gasteiger partial charge on any atom is 0.229 e. The molecule has 0 radical (unpaired) electrons. The van der Waals surface area contributed by atoms with Crippen LogP contribution in [-0.4, -0.2) is 55.7 Å². The highest BCUT2D eigenvalue weighted by atomic mass is 32.2. The van der Waals surface area contributed by atoms with Crippen molar-refractivity contribution < 1.29 is 17.6 Å². The summed E-state index contributed by atoms with van der Waals surface area (Å²) in [6.45, 7) is 5.98. The Kier molecular flexibility index (Phi) is 8.20. The molecule has 1 aliphatic heterocycles. The summed E-state index contributed by atoms with van der Waals surface area (Å²) in [7, 11) is -3.16. The van der Waals surface area contributed by atoms with E-state index in [0.29, 0.717) is 44.0 Å². The molecule has 3 fully saturated rings. The van der Waals surface area contributed by atoms with Gasteiger partial charge in [-0.25, -0.2) is 23.2 Å². The second-order valence-corrected chi connectivity index (χ2v) is 13.1.